The molecular formula is C23H26ClFN2O4S. The lowest BCUT2D eigenvalue weighted by molar-refractivity contribution is -0.130. The van der Waals surface area contributed by atoms with Gasteiger partial charge in [-0.3, -0.25) is 9.59 Å². The van der Waals surface area contributed by atoms with Crippen LogP contribution in [0, 0.1) is 18.7 Å². The van der Waals surface area contributed by atoms with Crippen molar-refractivity contribution in [3.8, 4) is 11.1 Å². The zero-order chi connectivity index (χ0) is 23.5. The van der Waals surface area contributed by atoms with Crippen molar-refractivity contribution in [2.45, 2.75) is 26.7 Å². The fourth-order valence-electron chi connectivity index (χ4n) is 3.91. The minimum Gasteiger partial charge on any atom is -0.343 e. The van der Waals surface area contributed by atoms with E-state index in [4.69, 9.17) is 11.6 Å². The van der Waals surface area contributed by atoms with E-state index in [1.165, 1.54) is 19.1 Å². The highest BCUT2D eigenvalue weighted by Crippen LogP contribution is 2.29. The molecule has 0 radical (unpaired) electrons. The number of sulfonamides is 1. The molecule has 1 amide bonds. The number of likely N-dealkylation sites (tertiary alicyclic amines) is 1. The van der Waals surface area contributed by atoms with Gasteiger partial charge >= 0.3 is 0 Å². The summed E-state index contributed by atoms with van der Waals surface area (Å²) >= 11 is 6.01. The number of benzene rings is 2. The van der Waals surface area contributed by atoms with E-state index < -0.39 is 28.2 Å². The molecule has 1 fully saturated rings. The summed E-state index contributed by atoms with van der Waals surface area (Å²) in [6.45, 7) is 3.79. The summed E-state index contributed by atoms with van der Waals surface area (Å²) in [6.07, 6.45) is 1.41. The number of carbonyl (C=O) groups is 2. The van der Waals surface area contributed by atoms with Gasteiger partial charge in [0.25, 0.3) is 0 Å². The molecule has 9 heteroatoms. The van der Waals surface area contributed by atoms with Crippen LogP contribution in [0.4, 0.5) is 4.39 Å². The van der Waals surface area contributed by atoms with Gasteiger partial charge in [0.1, 0.15) is 0 Å². The Morgan fingerprint density at radius 3 is 2.66 bits per heavy atom. The minimum atomic E-state index is -3.79. The molecular weight excluding hydrogens is 455 g/mol. The van der Waals surface area contributed by atoms with Crippen molar-refractivity contribution >= 4 is 33.3 Å². The molecule has 1 aliphatic heterocycles. The van der Waals surface area contributed by atoms with Crippen LogP contribution in [-0.2, 0) is 14.8 Å². The molecule has 1 N–H and O–H groups in total. The van der Waals surface area contributed by atoms with E-state index in [1.54, 1.807) is 4.90 Å². The number of amides is 1. The van der Waals surface area contributed by atoms with Crippen LogP contribution in [-0.4, -0.2) is 50.4 Å². The quantitative estimate of drug-likeness (QED) is 0.611. The lowest BCUT2D eigenvalue weighted by Gasteiger charge is -2.31. The summed E-state index contributed by atoms with van der Waals surface area (Å²) in [4.78, 5) is 25.9. The highest BCUT2D eigenvalue weighted by molar-refractivity contribution is 7.89. The van der Waals surface area contributed by atoms with Crippen LogP contribution in [0.1, 0.15) is 35.7 Å². The molecule has 6 nitrogen and oxygen atoms in total. The predicted molar refractivity (Wildman–Crippen MR) is 123 cm³/mol. The minimum absolute atomic E-state index is 0.0870. The van der Waals surface area contributed by atoms with Crippen LogP contribution in [0.5, 0.6) is 0 Å². The first-order valence-electron chi connectivity index (χ1n) is 10.4. The van der Waals surface area contributed by atoms with Gasteiger partial charge in [0.05, 0.1) is 22.9 Å². The topological polar surface area (TPSA) is 83.6 Å². The number of Topliss-reactive ketones (excluding diaryl/α,β-unsaturated/α-hetero) is 1. The SMILES string of the molecule is CC(=O)N1CCCC(CS(=O)(=O)NCC(=O)c2cc(-c3cccc(C)c3)cc(Cl)c2F)C1. The van der Waals surface area contributed by atoms with Gasteiger partial charge in [-0.05, 0) is 48.9 Å². The standard InChI is InChI=1S/C23H26ClFN2O4S/c1-15-5-3-7-18(9-15)19-10-20(23(25)21(24)11-19)22(29)12-26-32(30,31)14-17-6-4-8-27(13-17)16(2)28/h3,5,7,9-11,17,26H,4,6,8,12-14H2,1-2H3. The van der Waals surface area contributed by atoms with Crippen LogP contribution in [0.3, 0.4) is 0 Å². The van der Waals surface area contributed by atoms with E-state index in [0.717, 1.165) is 17.5 Å². The van der Waals surface area contributed by atoms with Gasteiger partial charge in [0.2, 0.25) is 15.9 Å². The molecule has 2 aromatic carbocycles. The number of ketones is 1. The molecule has 0 saturated carbocycles. The summed E-state index contributed by atoms with van der Waals surface area (Å²) in [5, 5.41) is -0.207. The molecule has 0 aliphatic carbocycles. The predicted octanol–water partition coefficient (Wildman–Crippen LogP) is 3.82. The van der Waals surface area contributed by atoms with E-state index in [-0.39, 0.29) is 28.2 Å². The first-order chi connectivity index (χ1) is 15.1. The Morgan fingerprint density at radius 2 is 1.97 bits per heavy atom. The zero-order valence-electron chi connectivity index (χ0n) is 18.0. The largest absolute Gasteiger partial charge is 0.343 e. The summed E-state index contributed by atoms with van der Waals surface area (Å²) in [5.41, 5.74) is 2.07. The van der Waals surface area contributed by atoms with Crippen molar-refractivity contribution in [3.63, 3.8) is 0 Å². The van der Waals surface area contributed by atoms with Crippen LogP contribution < -0.4 is 4.72 Å². The second-order valence-corrected chi connectivity index (χ2v) is 10.4. The number of hydrogen-bond acceptors (Lipinski definition) is 4. The van der Waals surface area contributed by atoms with E-state index in [9.17, 15) is 22.4 Å². The van der Waals surface area contributed by atoms with Gasteiger partial charge in [0, 0.05) is 20.0 Å². The Hall–Kier alpha value is -2.29. The average Bonchev–Trinajstić information content (AvgIpc) is 2.73. The number of rotatable bonds is 7. The van der Waals surface area contributed by atoms with Crippen molar-refractivity contribution in [1.82, 2.24) is 9.62 Å². The fraction of sp³-hybridized carbons (Fsp3) is 0.391. The first-order valence-corrected chi connectivity index (χ1v) is 12.4. The van der Waals surface area contributed by atoms with Crippen molar-refractivity contribution in [2.75, 3.05) is 25.4 Å². The smallest absolute Gasteiger partial charge is 0.219 e. The Balaban J connectivity index is 1.71. The summed E-state index contributed by atoms with van der Waals surface area (Å²) in [5.74, 6) is -2.09. The highest BCUT2D eigenvalue weighted by Gasteiger charge is 2.27. The Morgan fingerprint density at radius 1 is 1.22 bits per heavy atom. The molecule has 1 unspecified atom stereocenters. The Labute approximate surface area is 192 Å². The number of halogens is 2. The lowest BCUT2D eigenvalue weighted by atomic mass is 9.99. The third-order valence-electron chi connectivity index (χ3n) is 5.55. The summed E-state index contributed by atoms with van der Waals surface area (Å²) in [6, 6.07) is 10.3. The van der Waals surface area contributed by atoms with Crippen molar-refractivity contribution < 1.29 is 22.4 Å². The van der Waals surface area contributed by atoms with Crippen LogP contribution in [0.2, 0.25) is 5.02 Å². The number of carbonyl (C=O) groups excluding carboxylic acids is 2. The van der Waals surface area contributed by atoms with Crippen LogP contribution in [0.15, 0.2) is 36.4 Å². The van der Waals surface area contributed by atoms with Gasteiger partial charge in [-0.1, -0.05) is 41.4 Å². The fourth-order valence-corrected chi connectivity index (χ4v) is 5.49. The molecule has 32 heavy (non-hydrogen) atoms. The molecule has 1 aliphatic rings. The second kappa shape index (κ2) is 10.1. The van der Waals surface area contributed by atoms with Crippen molar-refractivity contribution in [3.05, 3.63) is 58.4 Å². The van der Waals surface area contributed by atoms with Crippen molar-refractivity contribution in [2.24, 2.45) is 5.92 Å². The monoisotopic (exact) mass is 480 g/mol. The second-order valence-electron chi connectivity index (χ2n) is 8.19. The number of hydrogen-bond donors (Lipinski definition) is 1. The molecule has 0 aromatic heterocycles. The van der Waals surface area contributed by atoms with Crippen LogP contribution in [0.25, 0.3) is 11.1 Å². The third kappa shape index (κ3) is 6.15. The number of aryl methyl sites for hydroxylation is 1. The molecule has 0 bridgehead atoms. The molecule has 1 heterocycles. The number of piperidine rings is 1. The number of nitrogens with zero attached hydrogens (tertiary/aromatic N) is 1. The first kappa shape index (κ1) is 24.4. The van der Waals surface area contributed by atoms with Gasteiger partial charge in [-0.2, -0.15) is 0 Å². The van der Waals surface area contributed by atoms with Gasteiger partial charge in [-0.15, -0.1) is 0 Å². The van der Waals surface area contributed by atoms with E-state index in [0.29, 0.717) is 25.1 Å². The summed E-state index contributed by atoms with van der Waals surface area (Å²) in [7, 11) is -3.79. The van der Waals surface area contributed by atoms with Gasteiger partial charge in [0.15, 0.2) is 11.6 Å². The van der Waals surface area contributed by atoms with E-state index in [1.807, 2.05) is 31.2 Å². The van der Waals surface area contributed by atoms with Gasteiger partial charge in [-0.25, -0.2) is 17.5 Å². The molecule has 2 aromatic rings. The van der Waals surface area contributed by atoms with Gasteiger partial charge < -0.3 is 4.90 Å². The van der Waals surface area contributed by atoms with Crippen LogP contribution >= 0.6 is 11.6 Å². The van der Waals surface area contributed by atoms with E-state index >= 15 is 0 Å². The van der Waals surface area contributed by atoms with Crippen molar-refractivity contribution in [1.29, 1.82) is 0 Å². The highest BCUT2D eigenvalue weighted by atomic mass is 35.5. The molecule has 172 valence electrons. The maximum Gasteiger partial charge on any atom is 0.219 e. The summed E-state index contributed by atoms with van der Waals surface area (Å²) < 4.78 is 41.8. The molecule has 0 spiro atoms. The molecule has 1 atom stereocenters. The molecule has 3 rings (SSSR count). The van der Waals surface area contributed by atoms with E-state index in [2.05, 4.69) is 4.72 Å². The number of nitrogens with one attached hydrogen (secondary N) is 1. The maximum atomic E-state index is 14.6. The zero-order valence-corrected chi connectivity index (χ0v) is 19.6. The lowest BCUT2D eigenvalue weighted by Crippen LogP contribution is -2.43. The Kier molecular flexibility index (Phi) is 7.69. The normalized spacial score (nSPS) is 16.8. The maximum absolute atomic E-state index is 14.6. The Bertz CT molecular complexity index is 1140. The molecule has 1 saturated heterocycles. The average molecular weight is 481 g/mol. The third-order valence-corrected chi connectivity index (χ3v) is 7.32.